The molecule has 0 unspecified atom stereocenters. The molecule has 0 aliphatic rings. The zero-order valence-electron chi connectivity index (χ0n) is 14.6. The SMILES string of the molecule is NS(=O)(=O)c1cc(C(=O)O)cc(NCCCC(O)(O)O)c1Oc1ccccc1. The van der Waals surface area contributed by atoms with Crippen LogP contribution in [0.3, 0.4) is 0 Å². The maximum atomic E-state index is 12.0. The normalized spacial score (nSPS) is 11.9. The topological polar surface area (TPSA) is 179 Å². The highest BCUT2D eigenvalue weighted by Gasteiger charge is 2.24. The fourth-order valence-electron chi connectivity index (χ4n) is 2.33. The number of para-hydroxylation sites is 1. The predicted octanol–water partition coefficient (Wildman–Crippen LogP) is 0.647. The van der Waals surface area contributed by atoms with Gasteiger partial charge < -0.3 is 30.5 Å². The summed E-state index contributed by atoms with van der Waals surface area (Å²) in [7, 11) is -4.33. The first-order valence-corrected chi connectivity index (χ1v) is 9.60. The van der Waals surface area contributed by atoms with Crippen molar-refractivity contribution in [2.24, 2.45) is 5.14 Å². The van der Waals surface area contributed by atoms with Gasteiger partial charge in [0.2, 0.25) is 10.0 Å². The van der Waals surface area contributed by atoms with E-state index in [1.807, 2.05) is 0 Å². The third-order valence-electron chi connectivity index (χ3n) is 3.58. The number of primary sulfonamides is 1. The largest absolute Gasteiger partial charge is 0.478 e. The lowest BCUT2D eigenvalue weighted by atomic mass is 10.1. The highest BCUT2D eigenvalue weighted by molar-refractivity contribution is 7.89. The van der Waals surface area contributed by atoms with Gasteiger partial charge in [0, 0.05) is 13.0 Å². The first-order chi connectivity index (χ1) is 13.0. The van der Waals surface area contributed by atoms with Gasteiger partial charge in [-0.25, -0.2) is 18.4 Å². The van der Waals surface area contributed by atoms with Gasteiger partial charge in [-0.2, -0.15) is 0 Å². The van der Waals surface area contributed by atoms with Crippen LogP contribution in [0.4, 0.5) is 5.69 Å². The lowest BCUT2D eigenvalue weighted by Gasteiger charge is -2.18. The molecule has 0 amide bonds. The molecule has 0 radical (unpaired) electrons. The number of rotatable bonds is 9. The van der Waals surface area contributed by atoms with Crippen LogP contribution in [0.2, 0.25) is 0 Å². The van der Waals surface area contributed by atoms with Crippen molar-refractivity contribution in [1.29, 1.82) is 0 Å². The van der Waals surface area contributed by atoms with E-state index in [4.69, 9.17) is 25.2 Å². The smallest absolute Gasteiger partial charge is 0.335 e. The Hall–Kier alpha value is -2.70. The number of ether oxygens (including phenoxy) is 1. The molecule has 2 aromatic carbocycles. The molecule has 0 aliphatic carbocycles. The molecule has 0 spiro atoms. The van der Waals surface area contributed by atoms with E-state index in [-0.39, 0.29) is 30.0 Å². The number of nitrogens with one attached hydrogen (secondary N) is 1. The highest BCUT2D eigenvalue weighted by atomic mass is 32.2. The van der Waals surface area contributed by atoms with Gasteiger partial charge in [-0.1, -0.05) is 18.2 Å². The third kappa shape index (κ3) is 6.18. The van der Waals surface area contributed by atoms with E-state index in [1.54, 1.807) is 30.3 Å². The second kappa shape index (κ2) is 8.54. The van der Waals surface area contributed by atoms with Crippen molar-refractivity contribution >= 4 is 21.7 Å². The molecule has 7 N–H and O–H groups in total. The van der Waals surface area contributed by atoms with Crippen molar-refractivity contribution in [3.05, 3.63) is 48.0 Å². The Kier molecular flexibility index (Phi) is 6.59. The number of carbonyl (C=O) groups is 1. The second-order valence-electron chi connectivity index (χ2n) is 5.92. The van der Waals surface area contributed by atoms with Crippen LogP contribution in [0.25, 0.3) is 0 Å². The monoisotopic (exact) mass is 412 g/mol. The molecule has 0 atom stereocenters. The molecule has 0 saturated carbocycles. The quantitative estimate of drug-likeness (QED) is 0.255. The van der Waals surface area contributed by atoms with Crippen LogP contribution in [0, 0.1) is 0 Å². The van der Waals surface area contributed by atoms with Crippen LogP contribution >= 0.6 is 0 Å². The van der Waals surface area contributed by atoms with E-state index < -0.39 is 33.3 Å². The molecule has 0 bridgehead atoms. The average Bonchev–Trinajstić information content (AvgIpc) is 2.58. The molecular weight excluding hydrogens is 392 g/mol. The maximum absolute atomic E-state index is 12.0. The number of anilines is 1. The molecular formula is C17H20N2O8S. The van der Waals surface area contributed by atoms with Gasteiger partial charge in [0.15, 0.2) is 5.75 Å². The van der Waals surface area contributed by atoms with Crippen molar-refractivity contribution in [1.82, 2.24) is 0 Å². The number of carboxylic acid groups (broad SMARTS) is 1. The van der Waals surface area contributed by atoms with Gasteiger partial charge in [0.05, 0.1) is 11.3 Å². The number of aromatic carboxylic acids is 1. The average molecular weight is 412 g/mol. The Morgan fingerprint density at radius 3 is 2.32 bits per heavy atom. The standard InChI is InChI=1S/C17H20N2O8S/c18-28(25,26)14-10-11(16(20)21)9-13(19-8-4-7-17(22,23)24)15(14)27-12-5-2-1-3-6-12/h1-3,5-6,9-10,19,22-24H,4,7-8H2,(H,20,21)(H2,18,25,26). The van der Waals surface area contributed by atoms with Gasteiger partial charge in [-0.15, -0.1) is 0 Å². The van der Waals surface area contributed by atoms with Crippen molar-refractivity contribution < 1.29 is 38.4 Å². The van der Waals surface area contributed by atoms with E-state index in [2.05, 4.69) is 5.32 Å². The summed E-state index contributed by atoms with van der Waals surface area (Å²) in [5.74, 6) is -4.14. The molecule has 0 heterocycles. The van der Waals surface area contributed by atoms with Crippen LogP contribution in [0.1, 0.15) is 23.2 Å². The third-order valence-corrected chi connectivity index (χ3v) is 4.49. The van der Waals surface area contributed by atoms with Crippen LogP contribution < -0.4 is 15.2 Å². The highest BCUT2D eigenvalue weighted by Crippen LogP contribution is 2.37. The zero-order valence-corrected chi connectivity index (χ0v) is 15.4. The molecule has 2 aromatic rings. The van der Waals surface area contributed by atoms with Crippen LogP contribution in [-0.4, -0.2) is 47.3 Å². The molecule has 0 aromatic heterocycles. The summed E-state index contributed by atoms with van der Waals surface area (Å²) in [6, 6.07) is 10.2. The molecule has 0 fully saturated rings. The number of hydrogen-bond donors (Lipinski definition) is 6. The minimum absolute atomic E-state index is 0.0206. The fraction of sp³-hybridized carbons (Fsp3) is 0.235. The summed E-state index contributed by atoms with van der Waals surface area (Å²) in [4.78, 5) is 10.8. The molecule has 152 valence electrons. The van der Waals surface area contributed by atoms with Gasteiger partial charge in [-0.3, -0.25) is 0 Å². The number of carboxylic acids is 1. The summed E-state index contributed by atoms with van der Waals surface area (Å²) < 4.78 is 29.7. The van der Waals surface area contributed by atoms with E-state index in [0.29, 0.717) is 5.75 Å². The molecule has 11 heteroatoms. The minimum atomic E-state index is -4.33. The van der Waals surface area contributed by atoms with E-state index in [1.165, 1.54) is 6.07 Å². The number of aliphatic hydroxyl groups is 3. The van der Waals surface area contributed by atoms with Crippen molar-refractivity contribution in [3.8, 4) is 11.5 Å². The predicted molar refractivity (Wildman–Crippen MR) is 98.4 cm³/mol. The van der Waals surface area contributed by atoms with E-state index in [9.17, 15) is 18.3 Å². The summed E-state index contributed by atoms with van der Waals surface area (Å²) in [6.45, 7) is 0.0434. The first-order valence-electron chi connectivity index (χ1n) is 8.05. The van der Waals surface area contributed by atoms with Gasteiger partial charge >= 0.3 is 5.97 Å². The van der Waals surface area contributed by atoms with Gasteiger partial charge in [0.1, 0.15) is 10.6 Å². The molecule has 28 heavy (non-hydrogen) atoms. The number of sulfonamides is 1. The number of nitrogens with two attached hydrogens (primary N) is 1. The van der Waals surface area contributed by atoms with Gasteiger partial charge in [0.25, 0.3) is 5.97 Å². The lowest BCUT2D eigenvalue weighted by molar-refractivity contribution is -0.314. The Bertz CT molecular complexity index is 940. The van der Waals surface area contributed by atoms with Crippen LogP contribution in [0.5, 0.6) is 11.5 Å². The Balaban J connectivity index is 2.46. The minimum Gasteiger partial charge on any atom is -0.478 e. The summed E-state index contributed by atoms with van der Waals surface area (Å²) in [5.41, 5.74) is -0.319. The lowest BCUT2D eigenvalue weighted by Crippen LogP contribution is -2.27. The summed E-state index contributed by atoms with van der Waals surface area (Å²) in [6.07, 6.45) is -0.328. The van der Waals surface area contributed by atoms with Crippen molar-refractivity contribution in [2.75, 3.05) is 11.9 Å². The maximum Gasteiger partial charge on any atom is 0.335 e. The number of hydrogen-bond acceptors (Lipinski definition) is 8. The van der Waals surface area contributed by atoms with Crippen LogP contribution in [-0.2, 0) is 10.0 Å². The Labute approximate surface area is 160 Å². The number of benzene rings is 2. The Morgan fingerprint density at radius 1 is 1.14 bits per heavy atom. The molecule has 2 rings (SSSR count). The Morgan fingerprint density at radius 2 is 1.79 bits per heavy atom. The van der Waals surface area contributed by atoms with Gasteiger partial charge in [-0.05, 0) is 30.7 Å². The second-order valence-corrected chi connectivity index (χ2v) is 7.45. The molecule has 10 nitrogen and oxygen atoms in total. The fourth-order valence-corrected chi connectivity index (χ4v) is 3.03. The zero-order chi connectivity index (χ0) is 20.9. The summed E-state index contributed by atoms with van der Waals surface area (Å²) >= 11 is 0. The van der Waals surface area contributed by atoms with Crippen molar-refractivity contribution in [3.63, 3.8) is 0 Å². The van der Waals surface area contributed by atoms with E-state index >= 15 is 0 Å². The van der Waals surface area contributed by atoms with Crippen LogP contribution in [0.15, 0.2) is 47.4 Å². The first kappa shape index (κ1) is 21.6. The summed E-state index contributed by atoms with van der Waals surface area (Å²) in [5, 5.41) is 44.0. The van der Waals surface area contributed by atoms with E-state index in [0.717, 1.165) is 6.07 Å². The molecule has 0 aliphatic heterocycles. The molecule has 0 saturated heterocycles. The van der Waals surface area contributed by atoms with Crippen molar-refractivity contribution in [2.45, 2.75) is 23.7 Å².